The molecule has 1 aliphatic heterocycles. The molecular formula is C10H14N2O3. The molecule has 2 rings (SSSR count). The Morgan fingerprint density at radius 2 is 2.40 bits per heavy atom. The number of carbonyl (C=O) groups is 1. The van der Waals surface area contributed by atoms with Crippen LogP contribution in [0.15, 0.2) is 10.5 Å². The summed E-state index contributed by atoms with van der Waals surface area (Å²) in [5.41, 5.74) is 6.52. The van der Waals surface area contributed by atoms with E-state index in [0.717, 1.165) is 17.1 Å². The lowest BCUT2D eigenvalue weighted by Crippen LogP contribution is -2.23. The van der Waals surface area contributed by atoms with Crippen molar-refractivity contribution in [2.24, 2.45) is 5.73 Å². The highest BCUT2D eigenvalue weighted by atomic mass is 16.6. The largest absolute Gasteiger partial charge is 0.464 e. The average molecular weight is 210 g/mol. The minimum atomic E-state index is -0.279. The van der Waals surface area contributed by atoms with Crippen LogP contribution < -0.4 is 5.73 Å². The second kappa shape index (κ2) is 3.94. The summed E-state index contributed by atoms with van der Waals surface area (Å²) < 4.78 is 10.3. The Morgan fingerprint density at radius 3 is 2.93 bits per heavy atom. The van der Waals surface area contributed by atoms with Gasteiger partial charge in [0.25, 0.3) is 0 Å². The Kier molecular flexibility index (Phi) is 2.64. The number of amides is 1. The van der Waals surface area contributed by atoms with Gasteiger partial charge in [-0.25, -0.2) is 4.79 Å². The number of furan rings is 1. The second-order valence-electron chi connectivity index (χ2n) is 3.53. The van der Waals surface area contributed by atoms with Crippen molar-refractivity contribution in [3.63, 3.8) is 0 Å². The van der Waals surface area contributed by atoms with Crippen LogP contribution in [0, 0.1) is 6.92 Å². The third-order valence-electron chi connectivity index (χ3n) is 2.48. The Hall–Kier alpha value is -1.49. The minimum Gasteiger partial charge on any atom is -0.464 e. The molecule has 0 atom stereocenters. The molecule has 5 nitrogen and oxygen atoms in total. The first-order valence-corrected chi connectivity index (χ1v) is 4.90. The van der Waals surface area contributed by atoms with Crippen LogP contribution in [-0.2, 0) is 17.8 Å². The van der Waals surface area contributed by atoms with Crippen LogP contribution in [0.25, 0.3) is 0 Å². The van der Waals surface area contributed by atoms with Crippen molar-refractivity contribution in [2.75, 3.05) is 13.2 Å². The molecule has 0 unspecified atom stereocenters. The Balaban J connectivity index is 2.07. The summed E-state index contributed by atoms with van der Waals surface area (Å²) in [7, 11) is 0. The van der Waals surface area contributed by atoms with E-state index in [4.69, 9.17) is 14.9 Å². The summed E-state index contributed by atoms with van der Waals surface area (Å²) >= 11 is 0. The first-order valence-electron chi connectivity index (χ1n) is 4.90. The van der Waals surface area contributed by atoms with Gasteiger partial charge >= 0.3 is 6.09 Å². The standard InChI is InChI=1S/C10H14N2O3/c1-7-8(5-11)4-9(15-7)6-12-2-3-14-10(12)13/h4H,2-3,5-6,11H2,1H3. The molecule has 2 N–H and O–H groups in total. The predicted octanol–water partition coefficient (Wildman–Crippen LogP) is 0.999. The lowest BCUT2D eigenvalue weighted by molar-refractivity contribution is 0.155. The summed E-state index contributed by atoms with van der Waals surface area (Å²) in [5.74, 6) is 1.58. The summed E-state index contributed by atoms with van der Waals surface area (Å²) in [6, 6.07) is 1.89. The fourth-order valence-electron chi connectivity index (χ4n) is 1.63. The first-order chi connectivity index (χ1) is 7.20. The lowest BCUT2D eigenvalue weighted by atomic mass is 10.2. The number of aryl methyl sites for hydroxylation is 1. The highest BCUT2D eigenvalue weighted by molar-refractivity contribution is 5.69. The fourth-order valence-corrected chi connectivity index (χ4v) is 1.63. The zero-order chi connectivity index (χ0) is 10.8. The van der Waals surface area contributed by atoms with Gasteiger partial charge in [0, 0.05) is 12.1 Å². The van der Waals surface area contributed by atoms with Crippen LogP contribution in [0.4, 0.5) is 4.79 Å². The molecule has 0 aromatic carbocycles. The molecule has 0 bridgehead atoms. The van der Waals surface area contributed by atoms with Gasteiger partial charge in [0.05, 0.1) is 13.1 Å². The van der Waals surface area contributed by atoms with Crippen LogP contribution >= 0.6 is 0 Å². The van der Waals surface area contributed by atoms with E-state index in [0.29, 0.717) is 26.2 Å². The predicted molar refractivity (Wildman–Crippen MR) is 53.1 cm³/mol. The zero-order valence-corrected chi connectivity index (χ0v) is 8.66. The minimum absolute atomic E-state index is 0.279. The maximum Gasteiger partial charge on any atom is 0.410 e. The molecule has 1 aliphatic rings. The van der Waals surface area contributed by atoms with E-state index in [9.17, 15) is 4.79 Å². The number of cyclic esters (lactones) is 1. The monoisotopic (exact) mass is 210 g/mol. The first kappa shape index (κ1) is 10.0. The number of carbonyl (C=O) groups excluding carboxylic acids is 1. The fraction of sp³-hybridized carbons (Fsp3) is 0.500. The Bertz CT molecular complexity index is 373. The second-order valence-corrected chi connectivity index (χ2v) is 3.53. The van der Waals surface area contributed by atoms with Crippen molar-refractivity contribution in [2.45, 2.75) is 20.0 Å². The summed E-state index contributed by atoms with van der Waals surface area (Å²) in [6.45, 7) is 3.87. The number of nitrogens with two attached hydrogens (primary N) is 1. The number of hydrogen-bond acceptors (Lipinski definition) is 4. The molecule has 82 valence electrons. The van der Waals surface area contributed by atoms with Gasteiger partial charge in [-0.15, -0.1) is 0 Å². The van der Waals surface area contributed by atoms with Gasteiger partial charge in [-0.3, -0.25) is 4.90 Å². The molecule has 0 aliphatic carbocycles. The summed E-state index contributed by atoms with van der Waals surface area (Å²) in [6.07, 6.45) is -0.279. The molecule has 15 heavy (non-hydrogen) atoms. The van der Waals surface area contributed by atoms with Gasteiger partial charge < -0.3 is 14.9 Å². The quantitative estimate of drug-likeness (QED) is 0.808. The van der Waals surface area contributed by atoms with Crippen molar-refractivity contribution in [3.8, 4) is 0 Å². The van der Waals surface area contributed by atoms with Gasteiger partial charge in [0.2, 0.25) is 0 Å². The number of ether oxygens (including phenoxy) is 1. The Labute approximate surface area is 87.8 Å². The average Bonchev–Trinajstić information content (AvgIpc) is 2.75. The molecule has 2 heterocycles. The van der Waals surface area contributed by atoms with Crippen LogP contribution in [0.3, 0.4) is 0 Å². The van der Waals surface area contributed by atoms with E-state index in [1.165, 1.54) is 0 Å². The molecule has 1 fully saturated rings. The van der Waals surface area contributed by atoms with E-state index in [-0.39, 0.29) is 6.09 Å². The molecule has 0 radical (unpaired) electrons. The van der Waals surface area contributed by atoms with Gasteiger partial charge in [-0.2, -0.15) is 0 Å². The number of hydrogen-bond donors (Lipinski definition) is 1. The lowest BCUT2D eigenvalue weighted by Gasteiger charge is -2.09. The highest BCUT2D eigenvalue weighted by Crippen LogP contribution is 2.17. The normalized spacial score (nSPS) is 15.9. The van der Waals surface area contributed by atoms with Gasteiger partial charge in [-0.05, 0) is 13.0 Å². The number of nitrogens with zero attached hydrogens (tertiary/aromatic N) is 1. The van der Waals surface area contributed by atoms with Crippen molar-refractivity contribution in [1.29, 1.82) is 0 Å². The molecule has 1 saturated heterocycles. The maximum absolute atomic E-state index is 11.2. The maximum atomic E-state index is 11.2. The molecule has 0 saturated carbocycles. The van der Waals surface area contributed by atoms with E-state index >= 15 is 0 Å². The third kappa shape index (κ3) is 1.97. The Morgan fingerprint density at radius 1 is 1.60 bits per heavy atom. The van der Waals surface area contributed by atoms with Crippen LogP contribution in [-0.4, -0.2) is 24.1 Å². The van der Waals surface area contributed by atoms with Crippen molar-refractivity contribution in [3.05, 3.63) is 23.2 Å². The molecule has 0 spiro atoms. The molecular weight excluding hydrogens is 196 g/mol. The third-order valence-corrected chi connectivity index (χ3v) is 2.48. The number of rotatable bonds is 3. The van der Waals surface area contributed by atoms with Crippen molar-refractivity contribution in [1.82, 2.24) is 4.90 Å². The van der Waals surface area contributed by atoms with E-state index in [1.807, 2.05) is 13.0 Å². The van der Waals surface area contributed by atoms with Crippen LogP contribution in [0.2, 0.25) is 0 Å². The summed E-state index contributed by atoms with van der Waals surface area (Å²) in [4.78, 5) is 12.8. The topological polar surface area (TPSA) is 68.7 Å². The smallest absolute Gasteiger partial charge is 0.410 e. The van der Waals surface area contributed by atoms with Crippen molar-refractivity contribution < 1.29 is 13.9 Å². The van der Waals surface area contributed by atoms with Gasteiger partial charge in [0.15, 0.2) is 0 Å². The SMILES string of the molecule is Cc1oc(CN2CCOC2=O)cc1CN. The van der Waals surface area contributed by atoms with Crippen molar-refractivity contribution >= 4 is 6.09 Å². The van der Waals surface area contributed by atoms with Gasteiger partial charge in [-0.1, -0.05) is 0 Å². The molecule has 1 amide bonds. The van der Waals surface area contributed by atoms with E-state index < -0.39 is 0 Å². The van der Waals surface area contributed by atoms with E-state index in [1.54, 1.807) is 4.90 Å². The summed E-state index contributed by atoms with van der Waals surface area (Å²) in [5, 5.41) is 0. The molecule has 5 heteroatoms. The highest BCUT2D eigenvalue weighted by Gasteiger charge is 2.23. The molecule has 1 aromatic heterocycles. The van der Waals surface area contributed by atoms with Gasteiger partial charge in [0.1, 0.15) is 18.1 Å². The zero-order valence-electron chi connectivity index (χ0n) is 8.66. The van der Waals surface area contributed by atoms with Crippen LogP contribution in [0.1, 0.15) is 17.1 Å². The molecule has 1 aromatic rings. The van der Waals surface area contributed by atoms with E-state index in [2.05, 4.69) is 0 Å². The van der Waals surface area contributed by atoms with Crippen LogP contribution in [0.5, 0.6) is 0 Å².